The molecule has 0 saturated carbocycles. The molecule has 3 nitrogen and oxygen atoms in total. The zero-order chi connectivity index (χ0) is 9.97. The summed E-state index contributed by atoms with van der Waals surface area (Å²) in [4.78, 5) is 8.52. The maximum absolute atomic E-state index is 4.35. The third kappa shape index (κ3) is 1.57. The van der Waals surface area contributed by atoms with Gasteiger partial charge in [0.05, 0.1) is 0 Å². The van der Waals surface area contributed by atoms with Gasteiger partial charge in [0.2, 0.25) is 0 Å². The number of aryl methyl sites for hydroxylation is 1. The molecule has 0 aromatic carbocycles. The van der Waals surface area contributed by atoms with Crippen LogP contribution in [-0.2, 0) is 5.33 Å². The normalized spacial score (nSPS) is 10.4. The van der Waals surface area contributed by atoms with Crippen LogP contribution in [0.15, 0.2) is 30.7 Å². The minimum Gasteiger partial charge on any atom is -0.288 e. The van der Waals surface area contributed by atoms with Crippen LogP contribution in [0.1, 0.15) is 11.4 Å². The van der Waals surface area contributed by atoms with Crippen molar-refractivity contribution in [3.05, 3.63) is 42.1 Å². The summed E-state index contributed by atoms with van der Waals surface area (Å²) < 4.78 is 1.98. The lowest BCUT2D eigenvalue weighted by atomic mass is 10.3. The van der Waals surface area contributed by atoms with Crippen molar-refractivity contribution in [1.82, 2.24) is 14.5 Å². The fourth-order valence-corrected chi connectivity index (χ4v) is 1.79. The van der Waals surface area contributed by atoms with Gasteiger partial charge in [0, 0.05) is 29.5 Å². The second-order valence-corrected chi connectivity index (χ2v) is 3.52. The first-order valence-electron chi connectivity index (χ1n) is 4.33. The van der Waals surface area contributed by atoms with Crippen LogP contribution in [0.3, 0.4) is 0 Å². The minimum absolute atomic E-state index is 0.799. The molecule has 0 aliphatic carbocycles. The molecule has 0 bridgehead atoms. The summed E-state index contributed by atoms with van der Waals surface area (Å²) in [7, 11) is 0. The Morgan fingerprint density at radius 2 is 2.21 bits per heavy atom. The van der Waals surface area contributed by atoms with E-state index in [1.807, 2.05) is 23.8 Å². The van der Waals surface area contributed by atoms with Gasteiger partial charge < -0.3 is 0 Å². The number of hydrogen-bond acceptors (Lipinski definition) is 2. The molecule has 0 spiro atoms. The molecule has 0 saturated heterocycles. The average molecular weight is 252 g/mol. The van der Waals surface area contributed by atoms with Crippen LogP contribution in [0.2, 0.25) is 0 Å². The Morgan fingerprint density at radius 1 is 1.36 bits per heavy atom. The van der Waals surface area contributed by atoms with E-state index in [-0.39, 0.29) is 0 Å². The Balaban J connectivity index is 2.56. The Kier molecular flexibility index (Phi) is 2.63. The van der Waals surface area contributed by atoms with Crippen LogP contribution in [0.25, 0.3) is 5.82 Å². The van der Waals surface area contributed by atoms with Crippen molar-refractivity contribution < 1.29 is 0 Å². The molecule has 0 N–H and O–H groups in total. The molecule has 0 fully saturated rings. The zero-order valence-corrected chi connectivity index (χ0v) is 9.40. The number of aromatic nitrogens is 3. The summed E-state index contributed by atoms with van der Waals surface area (Å²) in [6.07, 6.45) is 5.49. The molecule has 14 heavy (non-hydrogen) atoms. The topological polar surface area (TPSA) is 30.7 Å². The van der Waals surface area contributed by atoms with Gasteiger partial charge >= 0.3 is 0 Å². The molecule has 72 valence electrons. The molecular weight excluding hydrogens is 242 g/mol. The lowest BCUT2D eigenvalue weighted by Gasteiger charge is -2.07. The van der Waals surface area contributed by atoms with Crippen LogP contribution in [0.4, 0.5) is 0 Å². The van der Waals surface area contributed by atoms with E-state index in [0.717, 1.165) is 22.5 Å². The Morgan fingerprint density at radius 3 is 2.86 bits per heavy atom. The fraction of sp³-hybridized carbons (Fsp3) is 0.200. The van der Waals surface area contributed by atoms with Crippen LogP contribution in [0.5, 0.6) is 0 Å². The summed E-state index contributed by atoms with van der Waals surface area (Å²) in [5, 5.41) is 0.799. The number of alkyl halides is 1. The third-order valence-electron chi connectivity index (χ3n) is 2.07. The Labute approximate surface area is 90.9 Å². The minimum atomic E-state index is 0.799. The van der Waals surface area contributed by atoms with E-state index in [1.54, 1.807) is 12.4 Å². The third-order valence-corrected chi connectivity index (χ3v) is 2.67. The lowest BCUT2D eigenvalue weighted by Crippen LogP contribution is -2.01. The van der Waals surface area contributed by atoms with E-state index in [1.165, 1.54) is 0 Å². The predicted molar refractivity (Wildman–Crippen MR) is 58.7 cm³/mol. The quantitative estimate of drug-likeness (QED) is 0.768. The number of pyridine rings is 1. The molecular formula is C10H10BrN3. The Bertz CT molecular complexity index is 436. The van der Waals surface area contributed by atoms with Gasteiger partial charge in [0.25, 0.3) is 0 Å². The molecule has 0 amide bonds. The predicted octanol–water partition coefficient (Wildman–Crippen LogP) is 2.47. The second-order valence-electron chi connectivity index (χ2n) is 2.96. The number of imidazole rings is 1. The summed E-state index contributed by atoms with van der Waals surface area (Å²) in [6, 6.07) is 3.99. The van der Waals surface area contributed by atoms with Gasteiger partial charge in [-0.25, -0.2) is 9.97 Å². The molecule has 0 atom stereocenters. The largest absolute Gasteiger partial charge is 0.288 e. The van der Waals surface area contributed by atoms with Crippen molar-refractivity contribution >= 4 is 15.9 Å². The van der Waals surface area contributed by atoms with Crippen LogP contribution >= 0.6 is 15.9 Å². The highest BCUT2D eigenvalue weighted by atomic mass is 79.9. The van der Waals surface area contributed by atoms with E-state index in [2.05, 4.69) is 32.0 Å². The van der Waals surface area contributed by atoms with Crippen LogP contribution < -0.4 is 0 Å². The van der Waals surface area contributed by atoms with Gasteiger partial charge in [-0.05, 0) is 13.0 Å². The van der Waals surface area contributed by atoms with Crippen molar-refractivity contribution in [2.75, 3.05) is 0 Å². The van der Waals surface area contributed by atoms with Crippen molar-refractivity contribution in [2.45, 2.75) is 12.3 Å². The fourth-order valence-electron chi connectivity index (χ4n) is 1.35. The number of rotatable bonds is 2. The first-order valence-corrected chi connectivity index (χ1v) is 5.45. The van der Waals surface area contributed by atoms with E-state index in [0.29, 0.717) is 0 Å². The summed E-state index contributed by atoms with van der Waals surface area (Å²) in [5.74, 6) is 1.89. The first kappa shape index (κ1) is 9.40. The summed E-state index contributed by atoms with van der Waals surface area (Å²) >= 11 is 3.44. The van der Waals surface area contributed by atoms with Gasteiger partial charge in [-0.1, -0.05) is 22.0 Å². The highest BCUT2D eigenvalue weighted by Gasteiger charge is 2.05. The van der Waals surface area contributed by atoms with Crippen molar-refractivity contribution in [2.24, 2.45) is 0 Å². The second kappa shape index (κ2) is 3.92. The van der Waals surface area contributed by atoms with E-state index in [9.17, 15) is 0 Å². The SMILES string of the molecule is Cc1nccn1-c1ncccc1CBr. The lowest BCUT2D eigenvalue weighted by molar-refractivity contribution is 0.919. The smallest absolute Gasteiger partial charge is 0.142 e. The van der Waals surface area contributed by atoms with Crippen molar-refractivity contribution in [3.63, 3.8) is 0 Å². The molecule has 2 heterocycles. The highest BCUT2D eigenvalue weighted by molar-refractivity contribution is 9.08. The molecule has 2 rings (SSSR count). The standard InChI is InChI=1S/C10H10BrN3/c1-8-12-5-6-14(8)10-9(7-11)3-2-4-13-10/h2-6H,7H2,1H3. The van der Waals surface area contributed by atoms with Gasteiger partial charge in [-0.2, -0.15) is 0 Å². The van der Waals surface area contributed by atoms with Gasteiger partial charge in [0.15, 0.2) is 0 Å². The van der Waals surface area contributed by atoms with Crippen LogP contribution in [-0.4, -0.2) is 14.5 Å². The molecule has 0 aliphatic heterocycles. The molecule has 4 heteroatoms. The molecule has 2 aromatic heterocycles. The zero-order valence-electron chi connectivity index (χ0n) is 7.81. The number of hydrogen-bond donors (Lipinski definition) is 0. The van der Waals surface area contributed by atoms with E-state index < -0.39 is 0 Å². The molecule has 0 aliphatic rings. The monoisotopic (exact) mass is 251 g/mol. The molecule has 0 unspecified atom stereocenters. The summed E-state index contributed by atoms with van der Waals surface area (Å²) in [5.41, 5.74) is 1.16. The van der Waals surface area contributed by atoms with Crippen molar-refractivity contribution in [1.29, 1.82) is 0 Å². The van der Waals surface area contributed by atoms with E-state index >= 15 is 0 Å². The maximum Gasteiger partial charge on any atom is 0.142 e. The van der Waals surface area contributed by atoms with Gasteiger partial charge in [-0.15, -0.1) is 0 Å². The van der Waals surface area contributed by atoms with Crippen LogP contribution in [0, 0.1) is 6.92 Å². The van der Waals surface area contributed by atoms with E-state index in [4.69, 9.17) is 0 Å². The first-order chi connectivity index (χ1) is 6.83. The average Bonchev–Trinajstić information content (AvgIpc) is 2.64. The van der Waals surface area contributed by atoms with Gasteiger partial charge in [-0.3, -0.25) is 4.57 Å². The Hall–Kier alpha value is -1.16. The highest BCUT2D eigenvalue weighted by Crippen LogP contribution is 2.15. The van der Waals surface area contributed by atoms with Crippen molar-refractivity contribution in [3.8, 4) is 5.82 Å². The molecule has 2 aromatic rings. The maximum atomic E-state index is 4.35. The van der Waals surface area contributed by atoms with Gasteiger partial charge in [0.1, 0.15) is 11.6 Å². The summed E-state index contributed by atoms with van der Waals surface area (Å²) in [6.45, 7) is 1.96. The number of nitrogens with zero attached hydrogens (tertiary/aromatic N) is 3. The number of halogens is 1. The molecule has 0 radical (unpaired) electrons.